The predicted octanol–water partition coefficient (Wildman–Crippen LogP) is 1.95. The maximum absolute atomic E-state index is 13.9. The molecule has 2 rings (SSSR count). The van der Waals surface area contributed by atoms with Crippen molar-refractivity contribution in [2.75, 3.05) is 6.54 Å². The van der Waals surface area contributed by atoms with E-state index in [1.807, 2.05) is 0 Å². The molecule has 0 saturated carbocycles. The molecule has 0 saturated heterocycles. The zero-order chi connectivity index (χ0) is 17.7. The molecule has 0 spiro atoms. The number of thioether (sulfide) groups is 1. The molecule has 128 valence electrons. The summed E-state index contributed by atoms with van der Waals surface area (Å²) < 4.78 is 15.5. The number of amides is 3. The molecule has 2 aromatic rings. The molecular weight excluding hydrogens is 333 g/mol. The first-order valence-corrected chi connectivity index (χ1v) is 8.21. The van der Waals surface area contributed by atoms with Crippen LogP contribution in [0.2, 0.25) is 0 Å². The van der Waals surface area contributed by atoms with Gasteiger partial charge in [-0.15, -0.1) is 10.2 Å². The number of rotatable bonds is 5. The Morgan fingerprint density at radius 3 is 2.71 bits per heavy atom. The maximum Gasteiger partial charge on any atom is 0.321 e. The molecular formula is C15H18FN5O2S. The van der Waals surface area contributed by atoms with Gasteiger partial charge in [-0.3, -0.25) is 10.1 Å². The fourth-order valence-corrected chi connectivity index (χ4v) is 2.74. The molecule has 0 aliphatic carbocycles. The minimum atomic E-state index is -0.566. The number of carbonyl (C=O) groups is 2. The Labute approximate surface area is 143 Å². The highest BCUT2D eigenvalue weighted by molar-refractivity contribution is 8.00. The third-order valence-corrected chi connectivity index (χ3v) is 4.31. The van der Waals surface area contributed by atoms with Crippen LogP contribution in [0.5, 0.6) is 0 Å². The third kappa shape index (κ3) is 4.10. The monoisotopic (exact) mass is 351 g/mol. The van der Waals surface area contributed by atoms with E-state index < -0.39 is 23.0 Å². The standard InChI is InChI=1S/C15H18FN5O2S/c1-4-17-14(23)18-13(22)9(2)24-15-20-19-12(21(15)3)10-7-5-6-8-11(10)16/h5-9H,4H2,1-3H3,(H2,17,18,22,23). The SMILES string of the molecule is CCNC(=O)NC(=O)C(C)Sc1nnc(-c2ccccc2F)n1C. The van der Waals surface area contributed by atoms with Crippen molar-refractivity contribution < 1.29 is 14.0 Å². The fraction of sp³-hybridized carbons (Fsp3) is 0.333. The number of nitrogens with zero attached hydrogens (tertiary/aromatic N) is 3. The smallest absolute Gasteiger partial charge is 0.321 e. The largest absolute Gasteiger partial charge is 0.338 e. The van der Waals surface area contributed by atoms with Gasteiger partial charge >= 0.3 is 6.03 Å². The molecule has 24 heavy (non-hydrogen) atoms. The van der Waals surface area contributed by atoms with Crippen molar-refractivity contribution in [1.82, 2.24) is 25.4 Å². The number of aromatic nitrogens is 3. The number of halogens is 1. The van der Waals surface area contributed by atoms with Crippen molar-refractivity contribution in [3.8, 4) is 11.4 Å². The van der Waals surface area contributed by atoms with Crippen LogP contribution in [0, 0.1) is 5.82 Å². The molecule has 0 radical (unpaired) electrons. The average Bonchev–Trinajstić information content (AvgIpc) is 2.89. The van der Waals surface area contributed by atoms with Crippen molar-refractivity contribution in [2.24, 2.45) is 7.05 Å². The number of hydrogen-bond acceptors (Lipinski definition) is 5. The summed E-state index contributed by atoms with van der Waals surface area (Å²) in [5.41, 5.74) is 0.332. The molecule has 3 amide bonds. The van der Waals surface area contributed by atoms with E-state index in [2.05, 4.69) is 20.8 Å². The Morgan fingerprint density at radius 2 is 2.04 bits per heavy atom. The van der Waals surface area contributed by atoms with Crippen molar-refractivity contribution in [2.45, 2.75) is 24.3 Å². The van der Waals surface area contributed by atoms with E-state index in [0.29, 0.717) is 23.1 Å². The lowest BCUT2D eigenvalue weighted by Gasteiger charge is -2.11. The lowest BCUT2D eigenvalue weighted by Crippen LogP contribution is -2.42. The van der Waals surface area contributed by atoms with Gasteiger partial charge in [-0.25, -0.2) is 9.18 Å². The molecule has 2 N–H and O–H groups in total. The van der Waals surface area contributed by atoms with Crippen molar-refractivity contribution in [1.29, 1.82) is 0 Å². The zero-order valence-corrected chi connectivity index (χ0v) is 14.4. The first kappa shape index (κ1) is 17.9. The average molecular weight is 351 g/mol. The highest BCUT2D eigenvalue weighted by atomic mass is 32.2. The van der Waals surface area contributed by atoms with Gasteiger partial charge in [-0.1, -0.05) is 23.9 Å². The Bertz CT molecular complexity index is 749. The second kappa shape index (κ2) is 7.91. The summed E-state index contributed by atoms with van der Waals surface area (Å²) in [5.74, 6) is -0.472. The van der Waals surface area contributed by atoms with E-state index in [4.69, 9.17) is 0 Å². The minimum absolute atomic E-state index is 0.332. The quantitative estimate of drug-likeness (QED) is 0.804. The van der Waals surface area contributed by atoms with Crippen LogP contribution in [0.25, 0.3) is 11.4 Å². The Morgan fingerprint density at radius 1 is 1.33 bits per heavy atom. The molecule has 9 heteroatoms. The topological polar surface area (TPSA) is 88.9 Å². The molecule has 0 bridgehead atoms. The first-order chi connectivity index (χ1) is 11.4. The Kier molecular flexibility index (Phi) is 5.91. The van der Waals surface area contributed by atoms with E-state index >= 15 is 0 Å². The van der Waals surface area contributed by atoms with E-state index in [-0.39, 0.29) is 0 Å². The number of hydrogen-bond donors (Lipinski definition) is 2. The van der Waals surface area contributed by atoms with Crippen LogP contribution in [0.3, 0.4) is 0 Å². The van der Waals surface area contributed by atoms with Gasteiger partial charge in [-0.05, 0) is 26.0 Å². The lowest BCUT2D eigenvalue weighted by molar-refractivity contribution is -0.119. The summed E-state index contributed by atoms with van der Waals surface area (Å²) in [6.45, 7) is 3.83. The van der Waals surface area contributed by atoms with Gasteiger partial charge in [0.05, 0.1) is 10.8 Å². The highest BCUT2D eigenvalue weighted by Gasteiger charge is 2.21. The van der Waals surface area contributed by atoms with Crippen LogP contribution in [0.4, 0.5) is 9.18 Å². The van der Waals surface area contributed by atoms with Crippen molar-refractivity contribution >= 4 is 23.7 Å². The molecule has 1 heterocycles. The van der Waals surface area contributed by atoms with E-state index in [0.717, 1.165) is 11.8 Å². The minimum Gasteiger partial charge on any atom is -0.338 e. The zero-order valence-electron chi connectivity index (χ0n) is 13.5. The van der Waals surface area contributed by atoms with Gasteiger partial charge in [0, 0.05) is 13.6 Å². The van der Waals surface area contributed by atoms with Gasteiger partial charge in [0.2, 0.25) is 5.91 Å². The number of benzene rings is 1. The Hall–Kier alpha value is -2.42. The van der Waals surface area contributed by atoms with E-state index in [1.54, 1.807) is 43.7 Å². The fourth-order valence-electron chi connectivity index (χ4n) is 1.92. The molecule has 1 atom stereocenters. The summed E-state index contributed by atoms with van der Waals surface area (Å²) in [5, 5.41) is 12.6. The van der Waals surface area contributed by atoms with E-state index in [1.165, 1.54) is 6.07 Å². The number of carbonyl (C=O) groups excluding carboxylic acids is 2. The number of nitrogens with one attached hydrogen (secondary N) is 2. The summed E-state index contributed by atoms with van der Waals surface area (Å²) in [6.07, 6.45) is 0. The highest BCUT2D eigenvalue weighted by Crippen LogP contribution is 2.26. The van der Waals surface area contributed by atoms with Crippen molar-refractivity contribution in [3.05, 3.63) is 30.1 Å². The summed E-state index contributed by atoms with van der Waals surface area (Å²) in [7, 11) is 1.69. The van der Waals surface area contributed by atoms with Crippen LogP contribution in [-0.2, 0) is 11.8 Å². The van der Waals surface area contributed by atoms with E-state index in [9.17, 15) is 14.0 Å². The molecule has 1 unspecified atom stereocenters. The summed E-state index contributed by atoms with van der Waals surface area (Å²) >= 11 is 1.13. The maximum atomic E-state index is 13.9. The number of imide groups is 1. The number of urea groups is 1. The molecule has 7 nitrogen and oxygen atoms in total. The van der Waals surface area contributed by atoms with Gasteiger partial charge in [0.15, 0.2) is 11.0 Å². The Balaban J connectivity index is 2.10. The van der Waals surface area contributed by atoms with Gasteiger partial charge < -0.3 is 9.88 Å². The van der Waals surface area contributed by atoms with Crippen molar-refractivity contribution in [3.63, 3.8) is 0 Å². The lowest BCUT2D eigenvalue weighted by atomic mass is 10.2. The third-order valence-electron chi connectivity index (χ3n) is 3.18. The van der Waals surface area contributed by atoms with Gasteiger partial charge in [-0.2, -0.15) is 0 Å². The molecule has 1 aromatic heterocycles. The van der Waals surface area contributed by atoms with Crippen LogP contribution in [0.15, 0.2) is 29.4 Å². The molecule has 0 aliphatic heterocycles. The first-order valence-electron chi connectivity index (χ1n) is 7.33. The second-order valence-electron chi connectivity index (χ2n) is 4.95. The molecule has 0 aliphatic rings. The predicted molar refractivity (Wildman–Crippen MR) is 88.9 cm³/mol. The summed E-state index contributed by atoms with van der Waals surface area (Å²) in [6, 6.07) is 5.72. The molecule has 1 aromatic carbocycles. The normalized spacial score (nSPS) is 11.8. The van der Waals surface area contributed by atoms with Crippen LogP contribution in [-0.4, -0.2) is 38.5 Å². The van der Waals surface area contributed by atoms with Gasteiger partial charge in [0.25, 0.3) is 0 Å². The van der Waals surface area contributed by atoms with Crippen LogP contribution in [0.1, 0.15) is 13.8 Å². The second-order valence-corrected chi connectivity index (χ2v) is 6.26. The van der Waals surface area contributed by atoms with Crippen LogP contribution >= 0.6 is 11.8 Å². The molecule has 0 fully saturated rings. The van der Waals surface area contributed by atoms with Gasteiger partial charge in [0.1, 0.15) is 5.82 Å². The van der Waals surface area contributed by atoms with Crippen LogP contribution < -0.4 is 10.6 Å². The summed E-state index contributed by atoms with van der Waals surface area (Å²) in [4.78, 5) is 23.3.